The molecule has 0 aliphatic heterocycles. The molecule has 74 valence electrons. The van der Waals surface area contributed by atoms with E-state index in [1.54, 1.807) is 17.8 Å². The van der Waals surface area contributed by atoms with Crippen LogP contribution in [-0.2, 0) is 11.2 Å². The number of carbonyl (C=O) groups excluding carboxylic acids is 1. The highest BCUT2D eigenvalue weighted by Gasteiger charge is 2.14. The first kappa shape index (κ1) is 9.86. The van der Waals surface area contributed by atoms with Crippen molar-refractivity contribution in [3.63, 3.8) is 0 Å². The van der Waals surface area contributed by atoms with Crippen LogP contribution in [0.4, 0.5) is 0 Å². The number of nitrogens with zero attached hydrogens (tertiary/aromatic N) is 2. The number of allylic oxidation sites excluding steroid dienone is 2. The summed E-state index contributed by atoms with van der Waals surface area (Å²) >= 11 is 2.99. The molecule has 0 spiro atoms. The zero-order valence-corrected chi connectivity index (χ0v) is 9.45. The van der Waals surface area contributed by atoms with Gasteiger partial charge in [0.1, 0.15) is 5.82 Å². The molecule has 0 N–H and O–H groups in total. The van der Waals surface area contributed by atoms with E-state index in [1.165, 1.54) is 11.5 Å². The van der Waals surface area contributed by atoms with Crippen LogP contribution in [0.1, 0.15) is 25.6 Å². The van der Waals surface area contributed by atoms with Crippen molar-refractivity contribution in [3.05, 3.63) is 16.8 Å². The summed E-state index contributed by atoms with van der Waals surface area (Å²) in [6.45, 7) is 2.04. The van der Waals surface area contributed by atoms with E-state index in [9.17, 15) is 4.79 Å². The fourth-order valence-electron chi connectivity index (χ4n) is 1.19. The van der Waals surface area contributed by atoms with Gasteiger partial charge < -0.3 is 0 Å². The Kier molecular flexibility index (Phi) is 2.98. The normalized spacial score (nSPS) is 16.1. The molecule has 14 heavy (non-hydrogen) atoms. The number of hydrogen-bond donors (Lipinski definition) is 0. The minimum Gasteiger partial charge on any atom is -0.295 e. The number of ketones is 1. The molecule has 1 aromatic rings. The summed E-state index contributed by atoms with van der Waals surface area (Å²) in [6.07, 6.45) is 4.11. The Balaban J connectivity index is 2.04. The molecule has 0 aromatic carbocycles. The lowest BCUT2D eigenvalue weighted by molar-refractivity contribution is -0.114. The highest BCUT2D eigenvalue weighted by Crippen LogP contribution is 2.33. The molecule has 1 heterocycles. The molecular weight excluding hydrogens is 216 g/mol. The summed E-state index contributed by atoms with van der Waals surface area (Å²) < 4.78 is 5.14. The average molecular weight is 226 g/mol. The van der Waals surface area contributed by atoms with Gasteiger partial charge in [-0.1, -0.05) is 18.7 Å². The molecule has 0 bridgehead atoms. The molecule has 0 unspecified atom stereocenters. The molecule has 0 fully saturated rings. The quantitative estimate of drug-likeness (QED) is 0.794. The summed E-state index contributed by atoms with van der Waals surface area (Å²) in [5, 5.41) is 0. The molecule has 0 amide bonds. The molecule has 0 saturated heterocycles. The number of rotatable bonds is 3. The summed E-state index contributed by atoms with van der Waals surface area (Å²) in [4.78, 5) is 16.4. The Labute approximate surface area is 90.8 Å². The number of carbonyl (C=O) groups is 1. The van der Waals surface area contributed by atoms with Gasteiger partial charge in [0.25, 0.3) is 0 Å². The van der Waals surface area contributed by atoms with E-state index < -0.39 is 0 Å². The smallest absolute Gasteiger partial charge is 0.174 e. The summed E-state index contributed by atoms with van der Waals surface area (Å²) in [7, 11) is 0. The number of aromatic nitrogens is 2. The zero-order valence-electron chi connectivity index (χ0n) is 7.82. The van der Waals surface area contributed by atoms with Crippen LogP contribution in [0.15, 0.2) is 15.3 Å². The molecule has 1 aromatic heterocycles. The van der Waals surface area contributed by atoms with Crippen LogP contribution in [0.2, 0.25) is 0 Å². The van der Waals surface area contributed by atoms with E-state index in [0.29, 0.717) is 6.42 Å². The minimum atomic E-state index is 0.229. The van der Waals surface area contributed by atoms with Crippen molar-refractivity contribution in [3.8, 4) is 0 Å². The van der Waals surface area contributed by atoms with Gasteiger partial charge in [-0.15, -0.1) is 0 Å². The molecule has 5 heteroatoms. The lowest BCUT2D eigenvalue weighted by Gasteiger charge is -1.93. The monoisotopic (exact) mass is 226 g/mol. The fourth-order valence-corrected chi connectivity index (χ4v) is 3.04. The maximum atomic E-state index is 11.0. The molecular formula is C9H10N2OS2. The molecule has 0 saturated carbocycles. The third-order valence-corrected chi connectivity index (χ3v) is 3.80. The maximum Gasteiger partial charge on any atom is 0.174 e. The van der Waals surface area contributed by atoms with Crippen LogP contribution in [0.25, 0.3) is 0 Å². The lowest BCUT2D eigenvalue weighted by Crippen LogP contribution is -1.80. The highest BCUT2D eigenvalue weighted by atomic mass is 32.2. The van der Waals surface area contributed by atoms with Crippen LogP contribution in [-0.4, -0.2) is 15.1 Å². The van der Waals surface area contributed by atoms with Crippen molar-refractivity contribution < 1.29 is 4.79 Å². The first-order valence-electron chi connectivity index (χ1n) is 4.52. The zero-order chi connectivity index (χ0) is 9.97. The van der Waals surface area contributed by atoms with Gasteiger partial charge in [0.2, 0.25) is 0 Å². The van der Waals surface area contributed by atoms with Crippen LogP contribution in [0, 0.1) is 0 Å². The molecule has 0 atom stereocenters. The number of thioether (sulfide) groups is 1. The summed E-state index contributed by atoms with van der Waals surface area (Å²) in [6, 6.07) is 0. The average Bonchev–Trinajstić information content (AvgIpc) is 2.76. The second-order valence-corrected chi connectivity index (χ2v) is 5.13. The minimum absolute atomic E-state index is 0.229. The molecule has 1 aliphatic carbocycles. The van der Waals surface area contributed by atoms with Gasteiger partial charge >= 0.3 is 0 Å². The predicted molar refractivity (Wildman–Crippen MR) is 57.5 cm³/mol. The van der Waals surface area contributed by atoms with Crippen molar-refractivity contribution in [2.75, 3.05) is 0 Å². The number of aryl methyl sites for hydroxylation is 1. The van der Waals surface area contributed by atoms with Gasteiger partial charge in [-0.25, -0.2) is 4.98 Å². The van der Waals surface area contributed by atoms with Gasteiger partial charge in [0.05, 0.1) is 0 Å². The molecule has 0 radical (unpaired) electrons. The van der Waals surface area contributed by atoms with E-state index >= 15 is 0 Å². The van der Waals surface area contributed by atoms with Gasteiger partial charge in [-0.2, -0.15) is 4.37 Å². The van der Waals surface area contributed by atoms with Crippen molar-refractivity contribution in [2.24, 2.45) is 0 Å². The maximum absolute atomic E-state index is 11.0. The van der Waals surface area contributed by atoms with Crippen LogP contribution in [0.5, 0.6) is 0 Å². The Hall–Kier alpha value is -0.680. The first-order chi connectivity index (χ1) is 6.78. The van der Waals surface area contributed by atoms with E-state index in [4.69, 9.17) is 0 Å². The molecule has 2 rings (SSSR count). The number of hydrogen-bond acceptors (Lipinski definition) is 5. The third-order valence-electron chi connectivity index (χ3n) is 1.92. The van der Waals surface area contributed by atoms with Crippen molar-refractivity contribution in [2.45, 2.75) is 30.5 Å². The van der Waals surface area contributed by atoms with Gasteiger partial charge in [0.15, 0.2) is 10.1 Å². The second kappa shape index (κ2) is 4.23. The topological polar surface area (TPSA) is 42.9 Å². The van der Waals surface area contributed by atoms with E-state index in [1.807, 2.05) is 6.92 Å². The van der Waals surface area contributed by atoms with E-state index in [2.05, 4.69) is 9.36 Å². The predicted octanol–water partition coefficient (Wildman–Crippen LogP) is 2.44. The van der Waals surface area contributed by atoms with Crippen molar-refractivity contribution >= 4 is 29.1 Å². The van der Waals surface area contributed by atoms with Gasteiger partial charge in [0, 0.05) is 12.8 Å². The van der Waals surface area contributed by atoms with Crippen molar-refractivity contribution in [1.29, 1.82) is 0 Å². The SMILES string of the molecule is CCc1nsc(SC2=CC(=O)CC2)n1. The first-order valence-corrected chi connectivity index (χ1v) is 6.10. The van der Waals surface area contributed by atoms with Gasteiger partial charge in [-0.05, 0) is 28.9 Å². The van der Waals surface area contributed by atoms with E-state index in [0.717, 1.165) is 27.9 Å². The summed E-state index contributed by atoms with van der Waals surface area (Å²) in [5.74, 6) is 1.12. The lowest BCUT2D eigenvalue weighted by atomic mass is 10.3. The Morgan fingerprint density at radius 3 is 3.00 bits per heavy atom. The van der Waals surface area contributed by atoms with E-state index in [-0.39, 0.29) is 5.78 Å². The third kappa shape index (κ3) is 2.22. The van der Waals surface area contributed by atoms with Crippen LogP contribution in [0.3, 0.4) is 0 Å². The van der Waals surface area contributed by atoms with Crippen LogP contribution >= 0.6 is 23.3 Å². The van der Waals surface area contributed by atoms with Gasteiger partial charge in [-0.3, -0.25) is 4.79 Å². The largest absolute Gasteiger partial charge is 0.295 e. The highest BCUT2D eigenvalue weighted by molar-refractivity contribution is 8.04. The fraction of sp³-hybridized carbons (Fsp3) is 0.444. The Bertz CT molecular complexity index is 384. The second-order valence-electron chi connectivity index (χ2n) is 3.01. The summed E-state index contributed by atoms with van der Waals surface area (Å²) in [5.41, 5.74) is 0. The molecule has 3 nitrogen and oxygen atoms in total. The van der Waals surface area contributed by atoms with Crippen molar-refractivity contribution in [1.82, 2.24) is 9.36 Å². The van der Waals surface area contributed by atoms with Crippen LogP contribution < -0.4 is 0 Å². The Morgan fingerprint density at radius 1 is 1.57 bits per heavy atom. The molecule has 1 aliphatic rings. The standard InChI is InChI=1S/C9H10N2OS2/c1-2-8-10-9(14-11-8)13-7-4-3-6(12)5-7/h5H,2-4H2,1H3. The Morgan fingerprint density at radius 2 is 2.43 bits per heavy atom.